The summed E-state index contributed by atoms with van der Waals surface area (Å²) in [5, 5.41) is 4.58. The summed E-state index contributed by atoms with van der Waals surface area (Å²) in [6.07, 6.45) is 4.62. The molecule has 1 aliphatic rings. The molecule has 0 unspecified atom stereocenters. The third-order valence-electron chi connectivity index (χ3n) is 3.03. The number of nitrogens with one attached hydrogen (secondary N) is 1. The molecule has 3 nitrogen and oxygen atoms in total. The van der Waals surface area contributed by atoms with Crippen molar-refractivity contribution in [1.82, 2.24) is 10.3 Å². The van der Waals surface area contributed by atoms with Gasteiger partial charge in [0, 0.05) is 29.2 Å². The lowest BCUT2D eigenvalue weighted by Crippen LogP contribution is -2.14. The topological polar surface area (TPSA) is 34.1 Å². The van der Waals surface area contributed by atoms with Gasteiger partial charge >= 0.3 is 0 Å². The van der Waals surface area contributed by atoms with Crippen LogP contribution in [0.25, 0.3) is 10.6 Å². The molecule has 94 valence electrons. The first-order chi connectivity index (χ1) is 8.85. The number of methoxy groups -OCH3 is 1. The second-order valence-corrected chi connectivity index (χ2v) is 5.63. The largest absolute Gasteiger partial charge is 0.497 e. The number of aromatic nitrogens is 1. The summed E-state index contributed by atoms with van der Waals surface area (Å²) in [4.78, 5) is 5.78. The van der Waals surface area contributed by atoms with Crippen molar-refractivity contribution in [3.8, 4) is 16.3 Å². The van der Waals surface area contributed by atoms with Crippen LogP contribution in [0.1, 0.15) is 17.7 Å². The Morgan fingerprint density at radius 2 is 2.11 bits per heavy atom. The van der Waals surface area contributed by atoms with E-state index in [1.165, 1.54) is 17.7 Å². The number of ether oxygens (including phenoxy) is 1. The van der Waals surface area contributed by atoms with Crippen molar-refractivity contribution in [2.45, 2.75) is 25.4 Å². The summed E-state index contributed by atoms with van der Waals surface area (Å²) in [5.74, 6) is 0.880. The molecule has 1 fully saturated rings. The Morgan fingerprint density at radius 3 is 2.78 bits per heavy atom. The second-order valence-electron chi connectivity index (χ2n) is 4.52. The van der Waals surface area contributed by atoms with E-state index in [9.17, 15) is 0 Å². The first kappa shape index (κ1) is 11.7. The van der Waals surface area contributed by atoms with E-state index >= 15 is 0 Å². The van der Waals surface area contributed by atoms with Gasteiger partial charge < -0.3 is 10.1 Å². The zero-order valence-corrected chi connectivity index (χ0v) is 11.2. The first-order valence-corrected chi connectivity index (χ1v) is 6.99. The summed E-state index contributed by atoms with van der Waals surface area (Å²) < 4.78 is 5.16. The van der Waals surface area contributed by atoms with E-state index in [1.807, 2.05) is 18.3 Å². The van der Waals surface area contributed by atoms with Gasteiger partial charge in [0.15, 0.2) is 0 Å². The summed E-state index contributed by atoms with van der Waals surface area (Å²) in [7, 11) is 1.68. The van der Waals surface area contributed by atoms with Crippen molar-refractivity contribution in [2.24, 2.45) is 0 Å². The average Bonchev–Trinajstić information content (AvgIpc) is 3.14. The molecule has 1 aromatic heterocycles. The van der Waals surface area contributed by atoms with Gasteiger partial charge in [-0.25, -0.2) is 4.98 Å². The molecule has 18 heavy (non-hydrogen) atoms. The molecule has 3 rings (SSSR count). The van der Waals surface area contributed by atoms with Crippen molar-refractivity contribution in [1.29, 1.82) is 0 Å². The average molecular weight is 260 g/mol. The number of thiazole rings is 1. The van der Waals surface area contributed by atoms with Crippen molar-refractivity contribution >= 4 is 11.3 Å². The maximum atomic E-state index is 5.16. The maximum absolute atomic E-state index is 5.16. The molecule has 2 aromatic rings. The number of hydrogen-bond donors (Lipinski definition) is 1. The molecule has 0 saturated heterocycles. The molecule has 0 bridgehead atoms. The fourth-order valence-electron chi connectivity index (χ4n) is 1.79. The molecule has 1 saturated carbocycles. The highest BCUT2D eigenvalue weighted by Crippen LogP contribution is 2.27. The highest BCUT2D eigenvalue weighted by Gasteiger charge is 2.20. The minimum Gasteiger partial charge on any atom is -0.497 e. The minimum atomic E-state index is 0.747. The van der Waals surface area contributed by atoms with E-state index in [-0.39, 0.29) is 0 Å². The lowest BCUT2D eigenvalue weighted by atomic mass is 10.2. The van der Waals surface area contributed by atoms with E-state index in [2.05, 4.69) is 22.4 Å². The summed E-state index contributed by atoms with van der Waals surface area (Å²) in [5.41, 5.74) is 1.15. The predicted octanol–water partition coefficient (Wildman–Crippen LogP) is 3.07. The highest BCUT2D eigenvalue weighted by atomic mass is 32.1. The van der Waals surface area contributed by atoms with Crippen molar-refractivity contribution in [3.63, 3.8) is 0 Å². The van der Waals surface area contributed by atoms with E-state index < -0.39 is 0 Å². The normalized spacial score (nSPS) is 14.7. The number of rotatable bonds is 5. The zero-order valence-electron chi connectivity index (χ0n) is 10.3. The van der Waals surface area contributed by atoms with Gasteiger partial charge in [0.2, 0.25) is 0 Å². The minimum absolute atomic E-state index is 0.747. The summed E-state index contributed by atoms with van der Waals surface area (Å²) in [6.45, 7) is 0.943. The Kier molecular flexibility index (Phi) is 3.30. The van der Waals surface area contributed by atoms with Crippen LogP contribution in [0.3, 0.4) is 0 Å². The van der Waals surface area contributed by atoms with Crippen LogP contribution in [-0.4, -0.2) is 18.1 Å². The Morgan fingerprint density at radius 1 is 1.33 bits per heavy atom. The fourth-order valence-corrected chi connectivity index (χ4v) is 2.66. The van der Waals surface area contributed by atoms with E-state index in [4.69, 9.17) is 4.74 Å². The van der Waals surface area contributed by atoms with Crippen LogP contribution in [-0.2, 0) is 6.54 Å². The molecule has 1 heterocycles. The molecule has 0 aliphatic heterocycles. The fraction of sp³-hybridized carbons (Fsp3) is 0.357. The Hall–Kier alpha value is -1.39. The molecular formula is C14H16N2OS. The smallest absolute Gasteiger partial charge is 0.123 e. The number of nitrogens with zero attached hydrogens (tertiary/aromatic N) is 1. The summed E-state index contributed by atoms with van der Waals surface area (Å²) in [6, 6.07) is 8.79. The van der Waals surface area contributed by atoms with Crippen LogP contribution >= 0.6 is 11.3 Å². The van der Waals surface area contributed by atoms with Gasteiger partial charge in [-0.3, -0.25) is 0 Å². The Balaban J connectivity index is 1.70. The van der Waals surface area contributed by atoms with Crippen LogP contribution in [0.2, 0.25) is 0 Å². The quantitative estimate of drug-likeness (QED) is 0.897. The summed E-state index contributed by atoms with van der Waals surface area (Å²) >= 11 is 1.75. The van der Waals surface area contributed by atoms with Gasteiger partial charge in [0.05, 0.1) is 7.11 Å². The third kappa shape index (κ3) is 2.71. The molecule has 0 spiro atoms. The Bertz CT molecular complexity index is 517. The number of hydrogen-bond acceptors (Lipinski definition) is 4. The molecular weight excluding hydrogens is 244 g/mol. The zero-order chi connectivity index (χ0) is 12.4. The molecule has 0 radical (unpaired) electrons. The highest BCUT2D eigenvalue weighted by molar-refractivity contribution is 7.15. The molecule has 0 atom stereocenters. The van der Waals surface area contributed by atoms with E-state index in [1.54, 1.807) is 18.4 Å². The lowest BCUT2D eigenvalue weighted by molar-refractivity contribution is 0.415. The maximum Gasteiger partial charge on any atom is 0.123 e. The van der Waals surface area contributed by atoms with Gasteiger partial charge in [-0.2, -0.15) is 0 Å². The predicted molar refractivity (Wildman–Crippen MR) is 74.0 cm³/mol. The first-order valence-electron chi connectivity index (χ1n) is 6.17. The monoisotopic (exact) mass is 260 g/mol. The van der Waals surface area contributed by atoms with Crippen LogP contribution in [0.15, 0.2) is 30.5 Å². The van der Waals surface area contributed by atoms with Gasteiger partial charge in [-0.05, 0) is 37.1 Å². The third-order valence-corrected chi connectivity index (χ3v) is 4.08. The standard InChI is InChI=1S/C14H16N2OS/c1-17-12-6-2-10(3-7-12)14-16-9-13(18-14)8-15-11-4-5-11/h2-3,6-7,9,11,15H,4-5,8H2,1H3. The Labute approximate surface area is 111 Å². The van der Waals surface area contributed by atoms with E-state index in [0.717, 1.165) is 28.9 Å². The molecule has 4 heteroatoms. The van der Waals surface area contributed by atoms with Gasteiger partial charge in [-0.15, -0.1) is 11.3 Å². The molecule has 1 aliphatic carbocycles. The van der Waals surface area contributed by atoms with Crippen LogP contribution < -0.4 is 10.1 Å². The molecule has 1 aromatic carbocycles. The van der Waals surface area contributed by atoms with Gasteiger partial charge in [0.1, 0.15) is 10.8 Å². The van der Waals surface area contributed by atoms with E-state index in [0.29, 0.717) is 0 Å². The van der Waals surface area contributed by atoms with Crippen LogP contribution in [0, 0.1) is 0 Å². The van der Waals surface area contributed by atoms with Crippen LogP contribution in [0.5, 0.6) is 5.75 Å². The SMILES string of the molecule is COc1ccc(-c2ncc(CNC3CC3)s2)cc1. The van der Waals surface area contributed by atoms with Crippen molar-refractivity contribution in [3.05, 3.63) is 35.3 Å². The van der Waals surface area contributed by atoms with Crippen molar-refractivity contribution < 1.29 is 4.74 Å². The second kappa shape index (κ2) is 5.08. The lowest BCUT2D eigenvalue weighted by Gasteiger charge is -2.00. The van der Waals surface area contributed by atoms with Gasteiger partial charge in [0.25, 0.3) is 0 Å². The van der Waals surface area contributed by atoms with Crippen LogP contribution in [0.4, 0.5) is 0 Å². The number of benzene rings is 1. The van der Waals surface area contributed by atoms with Gasteiger partial charge in [-0.1, -0.05) is 0 Å². The molecule has 0 amide bonds. The van der Waals surface area contributed by atoms with Crippen molar-refractivity contribution in [2.75, 3.05) is 7.11 Å². The molecule has 1 N–H and O–H groups in total.